The van der Waals surface area contributed by atoms with Crippen molar-refractivity contribution in [2.24, 2.45) is 0 Å². The van der Waals surface area contributed by atoms with Gasteiger partial charge in [-0.1, -0.05) is 79.1 Å². The second kappa shape index (κ2) is 19.7. The van der Waals surface area contributed by atoms with Crippen LogP contribution in [-0.4, -0.2) is 31.7 Å². The second-order valence-corrected chi connectivity index (χ2v) is 10.2. The average molecular weight is 375 g/mol. The molecule has 0 spiro atoms. The first-order valence-corrected chi connectivity index (χ1v) is 14.2. The van der Waals surface area contributed by atoms with Crippen LogP contribution >= 0.6 is 0 Å². The lowest BCUT2D eigenvalue weighted by Crippen LogP contribution is -2.18. The molecular weight excluding hydrogens is 328 g/mol. The Kier molecular flexibility index (Phi) is 20.0. The van der Waals surface area contributed by atoms with E-state index in [-0.39, 0.29) is 19.5 Å². The van der Waals surface area contributed by atoms with Gasteiger partial charge in [0.15, 0.2) is 19.5 Å². The van der Waals surface area contributed by atoms with Crippen molar-refractivity contribution in [2.45, 2.75) is 129 Å². The number of hydrogen-bond acceptors (Lipinski definition) is 2. The van der Waals surface area contributed by atoms with Crippen LogP contribution in [0.2, 0.25) is 12.1 Å². The van der Waals surface area contributed by atoms with Gasteiger partial charge < -0.3 is 8.85 Å². The minimum atomic E-state index is -0.312. The molecule has 0 rings (SSSR count). The molecule has 0 saturated carbocycles. The maximum Gasteiger partial charge on any atom is 0.161 e. The van der Waals surface area contributed by atoms with Crippen molar-refractivity contribution in [3.8, 4) is 0 Å². The van der Waals surface area contributed by atoms with Crippen LogP contribution < -0.4 is 0 Å². The van der Waals surface area contributed by atoms with Gasteiger partial charge in [-0.25, -0.2) is 0 Å². The molecule has 0 aromatic carbocycles. The molecular formula is C20H46O2Si2. The van der Waals surface area contributed by atoms with Crippen molar-refractivity contribution in [1.29, 1.82) is 0 Å². The number of hydrogen-bond donors (Lipinski definition) is 0. The number of unbranched alkanes of at least 4 members (excludes halogenated alkanes) is 4. The summed E-state index contributed by atoms with van der Waals surface area (Å²) in [5.74, 6) is 0. The first-order valence-electron chi connectivity index (χ1n) is 11.0. The molecule has 24 heavy (non-hydrogen) atoms. The van der Waals surface area contributed by atoms with Crippen LogP contribution in [0.4, 0.5) is 0 Å². The van der Waals surface area contributed by atoms with Crippen LogP contribution in [0.5, 0.6) is 0 Å². The van der Waals surface area contributed by atoms with Crippen molar-refractivity contribution in [2.75, 3.05) is 0 Å². The van der Waals surface area contributed by atoms with Gasteiger partial charge in [-0.15, -0.1) is 0 Å². The standard InChI is InChI=1S/C20H46O2Si2/c1-5-9-11-15-19(13-7-3)21-23-17-18-24-22-20(14-8-4)16-12-10-6-2/h19-20H,5-18,23-24H2,1-4H3. The molecule has 0 aliphatic heterocycles. The predicted molar refractivity (Wildman–Crippen MR) is 115 cm³/mol. The number of rotatable bonds is 19. The normalized spacial score (nSPS) is 15.0. The maximum atomic E-state index is 6.27. The summed E-state index contributed by atoms with van der Waals surface area (Å²) in [4.78, 5) is 0. The zero-order chi connectivity index (χ0) is 17.9. The summed E-state index contributed by atoms with van der Waals surface area (Å²) in [6.45, 7) is 9.13. The third kappa shape index (κ3) is 15.9. The minimum Gasteiger partial charge on any atom is -0.421 e. The Bertz CT molecular complexity index is 216. The van der Waals surface area contributed by atoms with Crippen LogP contribution in [0.3, 0.4) is 0 Å². The first kappa shape index (κ1) is 24.4. The van der Waals surface area contributed by atoms with Gasteiger partial charge in [0.1, 0.15) is 0 Å². The summed E-state index contributed by atoms with van der Waals surface area (Å²) < 4.78 is 12.5. The maximum absolute atomic E-state index is 6.27. The Morgan fingerprint density at radius 2 is 0.958 bits per heavy atom. The van der Waals surface area contributed by atoms with Crippen molar-refractivity contribution >= 4 is 19.5 Å². The van der Waals surface area contributed by atoms with E-state index < -0.39 is 0 Å². The third-order valence-electron chi connectivity index (χ3n) is 4.73. The van der Waals surface area contributed by atoms with Gasteiger partial charge in [-0.2, -0.15) is 0 Å². The van der Waals surface area contributed by atoms with Crippen LogP contribution in [-0.2, 0) is 8.85 Å². The summed E-state index contributed by atoms with van der Waals surface area (Å²) >= 11 is 0. The van der Waals surface area contributed by atoms with Gasteiger partial charge in [0, 0.05) is 12.2 Å². The highest BCUT2D eigenvalue weighted by molar-refractivity contribution is 6.34. The lowest BCUT2D eigenvalue weighted by molar-refractivity contribution is 0.180. The van der Waals surface area contributed by atoms with E-state index in [1.165, 1.54) is 89.1 Å². The van der Waals surface area contributed by atoms with E-state index in [9.17, 15) is 0 Å². The predicted octanol–water partition coefficient (Wildman–Crippen LogP) is 5.52. The van der Waals surface area contributed by atoms with E-state index in [1.807, 2.05) is 0 Å². The van der Waals surface area contributed by atoms with Crippen molar-refractivity contribution in [1.82, 2.24) is 0 Å². The topological polar surface area (TPSA) is 18.5 Å². The molecule has 0 N–H and O–H groups in total. The van der Waals surface area contributed by atoms with E-state index in [0.29, 0.717) is 12.2 Å². The van der Waals surface area contributed by atoms with E-state index >= 15 is 0 Å². The Hall–Kier alpha value is 0.354. The molecule has 0 radical (unpaired) electrons. The largest absolute Gasteiger partial charge is 0.421 e. The molecule has 2 unspecified atom stereocenters. The summed E-state index contributed by atoms with van der Waals surface area (Å²) in [7, 11) is -0.624. The van der Waals surface area contributed by atoms with Crippen molar-refractivity contribution in [3.63, 3.8) is 0 Å². The first-order chi connectivity index (χ1) is 11.8. The molecule has 0 aromatic rings. The Labute approximate surface area is 157 Å². The van der Waals surface area contributed by atoms with E-state index in [2.05, 4.69) is 27.7 Å². The molecule has 2 atom stereocenters. The highest BCUT2D eigenvalue weighted by Crippen LogP contribution is 2.14. The lowest BCUT2D eigenvalue weighted by Gasteiger charge is -2.19. The van der Waals surface area contributed by atoms with E-state index in [1.54, 1.807) is 0 Å². The van der Waals surface area contributed by atoms with Crippen LogP contribution in [0.15, 0.2) is 0 Å². The molecule has 0 fully saturated rings. The second-order valence-electron chi connectivity index (χ2n) is 7.26. The molecule has 0 aliphatic carbocycles. The van der Waals surface area contributed by atoms with Gasteiger partial charge in [-0.05, 0) is 37.8 Å². The fourth-order valence-corrected chi connectivity index (χ4v) is 6.51. The lowest BCUT2D eigenvalue weighted by atomic mass is 10.1. The highest BCUT2D eigenvalue weighted by atomic mass is 28.2. The van der Waals surface area contributed by atoms with Gasteiger partial charge in [0.25, 0.3) is 0 Å². The molecule has 146 valence electrons. The highest BCUT2D eigenvalue weighted by Gasteiger charge is 2.09. The van der Waals surface area contributed by atoms with Gasteiger partial charge >= 0.3 is 0 Å². The quantitative estimate of drug-likeness (QED) is 0.219. The Morgan fingerprint density at radius 3 is 1.29 bits per heavy atom. The summed E-state index contributed by atoms with van der Waals surface area (Å²) in [6.07, 6.45) is 16.8. The van der Waals surface area contributed by atoms with Crippen molar-refractivity contribution in [3.05, 3.63) is 0 Å². The zero-order valence-electron chi connectivity index (χ0n) is 17.3. The minimum absolute atomic E-state index is 0.312. The molecule has 0 aromatic heterocycles. The molecule has 0 bridgehead atoms. The monoisotopic (exact) mass is 374 g/mol. The van der Waals surface area contributed by atoms with Crippen LogP contribution in [0.1, 0.15) is 105 Å². The third-order valence-corrected chi connectivity index (χ3v) is 8.72. The van der Waals surface area contributed by atoms with Gasteiger partial charge in [-0.3, -0.25) is 0 Å². The molecule has 4 heteroatoms. The average Bonchev–Trinajstić information content (AvgIpc) is 2.58. The molecule has 2 nitrogen and oxygen atoms in total. The molecule has 0 amide bonds. The van der Waals surface area contributed by atoms with E-state index in [0.717, 1.165) is 0 Å². The fraction of sp³-hybridized carbons (Fsp3) is 1.00. The molecule has 0 saturated heterocycles. The van der Waals surface area contributed by atoms with E-state index in [4.69, 9.17) is 8.85 Å². The zero-order valence-corrected chi connectivity index (χ0v) is 20.1. The summed E-state index contributed by atoms with van der Waals surface area (Å²) in [6, 6.07) is 2.68. The smallest absolute Gasteiger partial charge is 0.161 e. The fourth-order valence-electron chi connectivity index (χ4n) is 3.21. The molecule has 0 heterocycles. The van der Waals surface area contributed by atoms with Gasteiger partial charge in [0.2, 0.25) is 0 Å². The molecule has 0 aliphatic rings. The van der Waals surface area contributed by atoms with Crippen LogP contribution in [0.25, 0.3) is 0 Å². The van der Waals surface area contributed by atoms with Crippen molar-refractivity contribution < 1.29 is 8.85 Å². The van der Waals surface area contributed by atoms with Gasteiger partial charge in [0.05, 0.1) is 0 Å². The Morgan fingerprint density at radius 1 is 0.542 bits per heavy atom. The SMILES string of the molecule is CCCCCC(CCC)O[SiH2]CC[SiH2]OC(CCC)CCCCC. The van der Waals surface area contributed by atoms with Crippen LogP contribution in [0, 0.1) is 0 Å². The summed E-state index contributed by atoms with van der Waals surface area (Å²) in [5.41, 5.74) is 0. The Balaban J connectivity index is 3.68. The summed E-state index contributed by atoms with van der Waals surface area (Å²) in [5, 5.41) is 0.